The zero-order valence-corrected chi connectivity index (χ0v) is 9.91. The van der Waals surface area contributed by atoms with Crippen LogP contribution in [0, 0.1) is 0 Å². The molecule has 0 bridgehead atoms. The molecule has 0 aliphatic rings. The number of aromatic nitrogens is 4. The molecule has 6 nitrogen and oxygen atoms in total. The molecule has 0 spiro atoms. The van der Waals surface area contributed by atoms with Crippen molar-refractivity contribution in [3.8, 4) is 0 Å². The van der Waals surface area contributed by atoms with Crippen molar-refractivity contribution in [2.75, 3.05) is 0 Å². The van der Waals surface area contributed by atoms with E-state index < -0.39 is 0 Å². The summed E-state index contributed by atoms with van der Waals surface area (Å²) < 4.78 is 1.38. The molecule has 0 aliphatic heterocycles. The molecule has 0 atom stereocenters. The Balaban J connectivity index is 2.10. The van der Waals surface area contributed by atoms with E-state index in [0.717, 1.165) is 0 Å². The third-order valence-corrected chi connectivity index (χ3v) is 2.76. The van der Waals surface area contributed by atoms with Crippen LogP contribution >= 0.6 is 0 Å². The second-order valence-corrected chi connectivity index (χ2v) is 4.06. The second-order valence-electron chi connectivity index (χ2n) is 4.06. The number of nitrogens with zero attached hydrogens (tertiary/aromatic N) is 3. The number of para-hydroxylation sites is 1. The maximum atomic E-state index is 11.9. The third kappa shape index (κ3) is 2.15. The van der Waals surface area contributed by atoms with Gasteiger partial charge in [0, 0.05) is 12.4 Å². The summed E-state index contributed by atoms with van der Waals surface area (Å²) in [5, 5.41) is 0.532. The number of fused-ring (bicyclic) bond motifs is 1. The molecular formula is C13H10N4O2. The van der Waals surface area contributed by atoms with Gasteiger partial charge in [-0.2, -0.15) is 0 Å². The Morgan fingerprint density at radius 3 is 2.84 bits per heavy atom. The van der Waals surface area contributed by atoms with E-state index in [2.05, 4.69) is 15.0 Å². The van der Waals surface area contributed by atoms with E-state index in [1.165, 1.54) is 10.8 Å². The van der Waals surface area contributed by atoms with Crippen LogP contribution in [0.25, 0.3) is 10.9 Å². The van der Waals surface area contributed by atoms with Gasteiger partial charge >= 0.3 is 5.69 Å². The first-order valence-corrected chi connectivity index (χ1v) is 5.73. The van der Waals surface area contributed by atoms with E-state index in [9.17, 15) is 9.59 Å². The lowest BCUT2D eigenvalue weighted by molar-refractivity contribution is 0.691. The first-order valence-electron chi connectivity index (χ1n) is 5.73. The van der Waals surface area contributed by atoms with Crippen LogP contribution in [0.1, 0.15) is 5.82 Å². The molecule has 0 radical (unpaired) electrons. The summed E-state index contributed by atoms with van der Waals surface area (Å²) in [7, 11) is 0. The lowest BCUT2D eigenvalue weighted by Crippen LogP contribution is -2.24. The van der Waals surface area contributed by atoms with Gasteiger partial charge in [0.1, 0.15) is 5.82 Å². The zero-order chi connectivity index (χ0) is 13.2. The minimum Gasteiger partial charge on any atom is -0.308 e. The minimum atomic E-state index is -0.377. The molecule has 0 aliphatic carbocycles. The average Bonchev–Trinajstić information content (AvgIpc) is 2.42. The maximum absolute atomic E-state index is 11.9. The van der Waals surface area contributed by atoms with Gasteiger partial charge in [-0.15, -0.1) is 0 Å². The van der Waals surface area contributed by atoms with Crippen molar-refractivity contribution in [2.45, 2.75) is 6.54 Å². The Morgan fingerprint density at radius 1 is 1.16 bits per heavy atom. The van der Waals surface area contributed by atoms with Gasteiger partial charge in [0.05, 0.1) is 17.4 Å². The van der Waals surface area contributed by atoms with Gasteiger partial charge in [0.25, 0.3) is 5.56 Å². The van der Waals surface area contributed by atoms with Gasteiger partial charge in [0.2, 0.25) is 0 Å². The molecule has 94 valence electrons. The molecule has 0 amide bonds. The number of hydrogen-bond donors (Lipinski definition) is 1. The lowest BCUT2D eigenvalue weighted by Gasteiger charge is -2.04. The molecule has 3 rings (SSSR count). The van der Waals surface area contributed by atoms with Gasteiger partial charge in [-0.05, 0) is 18.2 Å². The molecule has 19 heavy (non-hydrogen) atoms. The van der Waals surface area contributed by atoms with Crippen LogP contribution in [0.15, 0.2) is 52.3 Å². The van der Waals surface area contributed by atoms with Crippen molar-refractivity contribution >= 4 is 10.9 Å². The largest absolute Gasteiger partial charge is 0.347 e. The Kier molecular flexibility index (Phi) is 2.68. The first kappa shape index (κ1) is 11.3. The third-order valence-electron chi connectivity index (χ3n) is 2.76. The van der Waals surface area contributed by atoms with Gasteiger partial charge in [-0.25, -0.2) is 14.8 Å². The number of rotatable bonds is 2. The van der Waals surface area contributed by atoms with E-state index in [1.54, 1.807) is 30.5 Å². The molecule has 2 aromatic heterocycles. The Hall–Kier alpha value is -2.76. The SMILES string of the molecule is O=c1[nH]c(Cn2cccnc2=O)nc2ccccc12. The van der Waals surface area contributed by atoms with Crippen LogP contribution in [0.5, 0.6) is 0 Å². The first-order chi connectivity index (χ1) is 9.24. The highest BCUT2D eigenvalue weighted by molar-refractivity contribution is 5.77. The predicted octanol–water partition coefficient (Wildman–Crippen LogP) is 0.528. The average molecular weight is 254 g/mol. The van der Waals surface area contributed by atoms with Crippen molar-refractivity contribution in [1.29, 1.82) is 0 Å². The van der Waals surface area contributed by atoms with E-state index in [-0.39, 0.29) is 17.8 Å². The molecule has 2 heterocycles. The van der Waals surface area contributed by atoms with E-state index in [4.69, 9.17) is 0 Å². The number of H-pyrrole nitrogens is 1. The van der Waals surface area contributed by atoms with Gasteiger partial charge in [-0.1, -0.05) is 12.1 Å². The summed E-state index contributed by atoms with van der Waals surface area (Å²) in [5.41, 5.74) is 0.0223. The van der Waals surface area contributed by atoms with Crippen LogP contribution in [-0.2, 0) is 6.54 Å². The smallest absolute Gasteiger partial charge is 0.308 e. The highest BCUT2D eigenvalue weighted by atomic mass is 16.1. The van der Waals surface area contributed by atoms with Crippen molar-refractivity contribution in [3.63, 3.8) is 0 Å². The van der Waals surface area contributed by atoms with Gasteiger partial charge < -0.3 is 4.98 Å². The quantitative estimate of drug-likeness (QED) is 0.723. The van der Waals surface area contributed by atoms with Crippen molar-refractivity contribution in [1.82, 2.24) is 19.5 Å². The Bertz CT molecular complexity index is 851. The molecule has 6 heteroatoms. The summed E-state index contributed by atoms with van der Waals surface area (Å²) in [6, 6.07) is 8.72. The lowest BCUT2D eigenvalue weighted by atomic mass is 10.2. The number of benzene rings is 1. The van der Waals surface area contributed by atoms with Crippen LogP contribution in [0.3, 0.4) is 0 Å². The topological polar surface area (TPSA) is 80.6 Å². The molecule has 0 saturated heterocycles. The fourth-order valence-corrected chi connectivity index (χ4v) is 1.88. The summed E-state index contributed by atoms with van der Waals surface area (Å²) in [4.78, 5) is 34.0. The molecule has 3 aromatic rings. The molecule has 1 N–H and O–H groups in total. The maximum Gasteiger partial charge on any atom is 0.347 e. The predicted molar refractivity (Wildman–Crippen MR) is 70.0 cm³/mol. The van der Waals surface area contributed by atoms with Crippen LogP contribution in [0.2, 0.25) is 0 Å². The normalized spacial score (nSPS) is 10.7. The molecule has 0 saturated carbocycles. The van der Waals surface area contributed by atoms with Crippen molar-refractivity contribution in [2.24, 2.45) is 0 Å². The number of nitrogens with one attached hydrogen (secondary N) is 1. The Morgan fingerprint density at radius 2 is 2.00 bits per heavy atom. The highest BCUT2D eigenvalue weighted by Crippen LogP contribution is 2.05. The minimum absolute atomic E-state index is 0.187. The molecule has 0 fully saturated rings. The number of aromatic amines is 1. The summed E-state index contributed by atoms with van der Waals surface area (Å²) in [6.07, 6.45) is 3.03. The monoisotopic (exact) mass is 254 g/mol. The van der Waals surface area contributed by atoms with E-state index >= 15 is 0 Å². The van der Waals surface area contributed by atoms with Crippen LogP contribution < -0.4 is 11.2 Å². The van der Waals surface area contributed by atoms with E-state index in [1.807, 2.05) is 6.07 Å². The highest BCUT2D eigenvalue weighted by Gasteiger charge is 2.04. The number of hydrogen-bond acceptors (Lipinski definition) is 4. The van der Waals surface area contributed by atoms with Crippen molar-refractivity contribution < 1.29 is 0 Å². The van der Waals surface area contributed by atoms with Gasteiger partial charge in [0.15, 0.2) is 0 Å². The fourth-order valence-electron chi connectivity index (χ4n) is 1.88. The van der Waals surface area contributed by atoms with Gasteiger partial charge in [-0.3, -0.25) is 9.36 Å². The summed E-state index contributed by atoms with van der Waals surface area (Å²) >= 11 is 0. The summed E-state index contributed by atoms with van der Waals surface area (Å²) in [5.74, 6) is 0.429. The fraction of sp³-hybridized carbons (Fsp3) is 0.0769. The Labute approximate surface area is 107 Å². The van der Waals surface area contributed by atoms with Crippen LogP contribution in [-0.4, -0.2) is 19.5 Å². The zero-order valence-electron chi connectivity index (χ0n) is 9.91. The standard InChI is InChI=1S/C13H10N4O2/c18-12-9-4-1-2-5-10(9)15-11(16-12)8-17-7-3-6-14-13(17)19/h1-7H,8H2,(H,15,16,18). The van der Waals surface area contributed by atoms with E-state index in [0.29, 0.717) is 16.7 Å². The van der Waals surface area contributed by atoms with Crippen molar-refractivity contribution in [3.05, 3.63) is 69.4 Å². The summed E-state index contributed by atoms with van der Waals surface area (Å²) in [6.45, 7) is 0.187. The molecule has 1 aromatic carbocycles. The molecular weight excluding hydrogens is 244 g/mol. The molecule has 0 unspecified atom stereocenters. The van der Waals surface area contributed by atoms with Crippen LogP contribution in [0.4, 0.5) is 0 Å². The second kappa shape index (κ2) is 4.49.